The minimum Gasteiger partial charge on any atom is -0.490 e. The molecule has 1 N–H and O–H groups in total. The van der Waals surface area contributed by atoms with Gasteiger partial charge < -0.3 is 19.7 Å². The zero-order chi connectivity index (χ0) is 22.5. The van der Waals surface area contributed by atoms with Crippen LogP contribution in [0.25, 0.3) is 0 Å². The van der Waals surface area contributed by atoms with E-state index < -0.39 is 0 Å². The van der Waals surface area contributed by atoms with Gasteiger partial charge in [0.2, 0.25) is 11.8 Å². The van der Waals surface area contributed by atoms with Crippen LogP contribution in [0.3, 0.4) is 0 Å². The van der Waals surface area contributed by atoms with Gasteiger partial charge in [0.25, 0.3) is 0 Å². The highest BCUT2D eigenvalue weighted by molar-refractivity contribution is 6.01. The molecule has 0 aliphatic carbocycles. The molecule has 0 bridgehead atoms. The van der Waals surface area contributed by atoms with E-state index in [-0.39, 0.29) is 30.2 Å². The first-order valence-corrected chi connectivity index (χ1v) is 10.9. The van der Waals surface area contributed by atoms with Gasteiger partial charge in [-0.3, -0.25) is 9.59 Å². The lowest BCUT2D eigenvalue weighted by Gasteiger charge is -2.21. The second-order valence-corrected chi connectivity index (χ2v) is 7.93. The van der Waals surface area contributed by atoms with Crippen molar-refractivity contribution in [1.82, 2.24) is 5.32 Å². The van der Waals surface area contributed by atoms with Crippen LogP contribution in [0.5, 0.6) is 11.5 Å². The molecule has 6 nitrogen and oxygen atoms in total. The van der Waals surface area contributed by atoms with Crippen molar-refractivity contribution in [3.8, 4) is 11.5 Å². The van der Waals surface area contributed by atoms with Crippen LogP contribution >= 0.6 is 0 Å². The molecule has 1 saturated heterocycles. The zero-order valence-corrected chi connectivity index (χ0v) is 19.0. The van der Waals surface area contributed by atoms with E-state index in [2.05, 4.69) is 5.32 Å². The minimum atomic E-state index is -0.371. The van der Waals surface area contributed by atoms with Crippen LogP contribution < -0.4 is 19.7 Å². The number of hydrogen-bond donors (Lipinski definition) is 1. The maximum atomic E-state index is 12.9. The molecule has 0 aromatic heterocycles. The zero-order valence-electron chi connectivity index (χ0n) is 19.0. The van der Waals surface area contributed by atoms with E-state index in [0.717, 1.165) is 22.4 Å². The summed E-state index contributed by atoms with van der Waals surface area (Å²) in [6.45, 7) is 11.3. The van der Waals surface area contributed by atoms with E-state index in [0.29, 0.717) is 31.3 Å². The van der Waals surface area contributed by atoms with Crippen molar-refractivity contribution in [1.29, 1.82) is 0 Å². The van der Waals surface area contributed by atoms with Crippen LogP contribution in [0.4, 0.5) is 5.69 Å². The molecule has 1 heterocycles. The Hall–Kier alpha value is -3.02. The van der Waals surface area contributed by atoms with E-state index in [1.165, 1.54) is 0 Å². The van der Waals surface area contributed by atoms with Gasteiger partial charge in [-0.1, -0.05) is 18.2 Å². The summed E-state index contributed by atoms with van der Waals surface area (Å²) in [5.41, 5.74) is 4.02. The fourth-order valence-corrected chi connectivity index (χ4v) is 3.90. The number of amides is 2. The molecule has 2 amide bonds. The maximum absolute atomic E-state index is 12.9. The Morgan fingerprint density at radius 2 is 1.84 bits per heavy atom. The summed E-state index contributed by atoms with van der Waals surface area (Å²) in [5.74, 6) is 0.864. The van der Waals surface area contributed by atoms with Gasteiger partial charge in [-0.15, -0.1) is 0 Å². The Morgan fingerprint density at radius 3 is 2.55 bits per heavy atom. The highest BCUT2D eigenvalue weighted by atomic mass is 16.5. The number of aryl methyl sites for hydroxylation is 1. The molecule has 2 aromatic rings. The Balaban J connectivity index is 1.69. The van der Waals surface area contributed by atoms with Crippen LogP contribution in [0.15, 0.2) is 36.4 Å². The van der Waals surface area contributed by atoms with Crippen LogP contribution in [0.1, 0.15) is 49.9 Å². The Labute approximate surface area is 184 Å². The van der Waals surface area contributed by atoms with E-state index in [4.69, 9.17) is 9.47 Å². The van der Waals surface area contributed by atoms with Crippen LogP contribution in [-0.4, -0.2) is 31.6 Å². The maximum Gasteiger partial charge on any atom is 0.227 e. The van der Waals surface area contributed by atoms with Gasteiger partial charge in [0.1, 0.15) is 0 Å². The number of benzene rings is 2. The third-order valence-corrected chi connectivity index (χ3v) is 5.79. The third-order valence-electron chi connectivity index (χ3n) is 5.79. The van der Waals surface area contributed by atoms with Crippen molar-refractivity contribution in [2.75, 3.05) is 24.7 Å². The lowest BCUT2D eigenvalue weighted by molar-refractivity contribution is -0.126. The molecule has 0 radical (unpaired) electrons. The highest BCUT2D eigenvalue weighted by Crippen LogP contribution is 2.32. The summed E-state index contributed by atoms with van der Waals surface area (Å²) in [6.07, 6.45) is 0.222. The molecular formula is C25H32N2O4. The van der Waals surface area contributed by atoms with Crippen molar-refractivity contribution in [3.63, 3.8) is 0 Å². The fourth-order valence-electron chi connectivity index (χ4n) is 3.90. The quantitative estimate of drug-likeness (QED) is 0.685. The minimum absolute atomic E-state index is 0.0128. The summed E-state index contributed by atoms with van der Waals surface area (Å²) in [7, 11) is 0. The molecule has 2 unspecified atom stereocenters. The van der Waals surface area contributed by atoms with Gasteiger partial charge in [0.05, 0.1) is 25.2 Å². The molecular weight excluding hydrogens is 392 g/mol. The molecule has 1 fully saturated rings. The number of rotatable bonds is 8. The SMILES string of the molecule is CCOc1ccc(C(C)NC(=O)C2CC(=O)N(c3cccc(C)c3C)C2)cc1OCC. The average molecular weight is 425 g/mol. The number of ether oxygens (including phenoxy) is 2. The van der Waals surface area contributed by atoms with Gasteiger partial charge in [0.15, 0.2) is 11.5 Å². The summed E-state index contributed by atoms with van der Waals surface area (Å²) in [4.78, 5) is 27.3. The Morgan fingerprint density at radius 1 is 1.13 bits per heavy atom. The molecule has 2 aromatic carbocycles. The lowest BCUT2D eigenvalue weighted by atomic mass is 10.0. The second kappa shape index (κ2) is 9.86. The van der Waals surface area contributed by atoms with Crippen molar-refractivity contribution >= 4 is 17.5 Å². The van der Waals surface area contributed by atoms with Gasteiger partial charge in [-0.2, -0.15) is 0 Å². The van der Waals surface area contributed by atoms with Gasteiger partial charge in [0, 0.05) is 18.7 Å². The normalized spacial score (nSPS) is 16.9. The predicted molar refractivity (Wildman–Crippen MR) is 122 cm³/mol. The van der Waals surface area contributed by atoms with Gasteiger partial charge >= 0.3 is 0 Å². The smallest absolute Gasteiger partial charge is 0.227 e. The van der Waals surface area contributed by atoms with E-state index in [1.54, 1.807) is 4.90 Å². The van der Waals surface area contributed by atoms with Crippen molar-refractivity contribution < 1.29 is 19.1 Å². The average Bonchev–Trinajstić information content (AvgIpc) is 3.13. The molecule has 3 rings (SSSR count). The standard InChI is InChI=1S/C25H32N2O4/c1-6-30-22-12-11-19(13-23(22)31-7-2)18(5)26-25(29)20-14-24(28)27(15-20)21-10-8-9-16(3)17(21)4/h8-13,18,20H,6-7,14-15H2,1-5H3,(H,26,29). The molecule has 0 spiro atoms. The van der Waals surface area contributed by atoms with Crippen LogP contribution in [0, 0.1) is 19.8 Å². The molecule has 31 heavy (non-hydrogen) atoms. The largest absolute Gasteiger partial charge is 0.490 e. The number of carbonyl (C=O) groups excluding carboxylic acids is 2. The number of carbonyl (C=O) groups is 2. The predicted octanol–water partition coefficient (Wildman–Crippen LogP) is 4.33. The molecule has 2 atom stereocenters. The van der Waals surface area contributed by atoms with Crippen molar-refractivity contribution in [3.05, 3.63) is 53.1 Å². The Bertz CT molecular complexity index is 957. The lowest BCUT2D eigenvalue weighted by Crippen LogP contribution is -2.34. The van der Waals surface area contributed by atoms with Crippen molar-refractivity contribution in [2.24, 2.45) is 5.92 Å². The molecule has 6 heteroatoms. The van der Waals surface area contributed by atoms with Crippen LogP contribution in [-0.2, 0) is 9.59 Å². The second-order valence-electron chi connectivity index (χ2n) is 7.93. The first-order valence-electron chi connectivity index (χ1n) is 10.9. The summed E-state index contributed by atoms with van der Waals surface area (Å²) in [6, 6.07) is 11.4. The summed E-state index contributed by atoms with van der Waals surface area (Å²) >= 11 is 0. The number of anilines is 1. The molecule has 166 valence electrons. The first kappa shape index (κ1) is 22.7. The molecule has 1 aliphatic rings. The number of nitrogens with one attached hydrogen (secondary N) is 1. The summed E-state index contributed by atoms with van der Waals surface area (Å²) in [5, 5.41) is 3.06. The molecule has 1 aliphatic heterocycles. The van der Waals surface area contributed by atoms with Crippen molar-refractivity contribution in [2.45, 2.75) is 47.1 Å². The summed E-state index contributed by atoms with van der Waals surface area (Å²) < 4.78 is 11.3. The third kappa shape index (κ3) is 5.01. The monoisotopic (exact) mass is 424 g/mol. The fraction of sp³-hybridized carbons (Fsp3) is 0.440. The first-order chi connectivity index (χ1) is 14.8. The Kier molecular flexibility index (Phi) is 7.21. The van der Waals surface area contributed by atoms with Gasteiger partial charge in [-0.05, 0) is 69.5 Å². The molecule has 0 saturated carbocycles. The van der Waals surface area contributed by atoms with Gasteiger partial charge in [-0.25, -0.2) is 0 Å². The van der Waals surface area contributed by atoms with Crippen LogP contribution in [0.2, 0.25) is 0 Å². The van der Waals surface area contributed by atoms with E-state index >= 15 is 0 Å². The topological polar surface area (TPSA) is 67.9 Å². The highest BCUT2D eigenvalue weighted by Gasteiger charge is 2.36. The van der Waals surface area contributed by atoms with E-state index in [9.17, 15) is 9.59 Å². The van der Waals surface area contributed by atoms with E-state index in [1.807, 2.05) is 71.0 Å². The number of nitrogens with zero attached hydrogens (tertiary/aromatic N) is 1. The number of hydrogen-bond acceptors (Lipinski definition) is 4.